The number of carbonyl (C=O) groups is 1. The Morgan fingerprint density at radius 2 is 2.20 bits per heavy atom. The van der Waals surface area contributed by atoms with Crippen LogP contribution >= 0.6 is 15.9 Å². The van der Waals surface area contributed by atoms with E-state index in [0.29, 0.717) is 30.1 Å². The van der Waals surface area contributed by atoms with Crippen molar-refractivity contribution < 1.29 is 4.79 Å². The summed E-state index contributed by atoms with van der Waals surface area (Å²) in [7, 11) is 0. The molecule has 1 rings (SSSR count). The van der Waals surface area contributed by atoms with Crippen LogP contribution in [0.15, 0.2) is 22.7 Å². The number of rotatable bonds is 6. The molecule has 4 nitrogen and oxygen atoms in total. The van der Waals surface area contributed by atoms with Crippen LogP contribution in [0.5, 0.6) is 0 Å². The Kier molecular flexibility index (Phi) is 6.69. The number of benzene rings is 1. The summed E-state index contributed by atoms with van der Waals surface area (Å²) in [5.41, 5.74) is 6.69. The number of nitriles is 1. The molecule has 1 aromatic rings. The van der Waals surface area contributed by atoms with E-state index in [1.54, 1.807) is 18.2 Å². The fraction of sp³-hybridized carbons (Fsp3) is 0.467. The SMILES string of the molecule is CC(C)C[C@H](CN)CC(=O)Nc1ccc(Br)cc1C#N. The number of hydrogen-bond acceptors (Lipinski definition) is 3. The van der Waals surface area contributed by atoms with Gasteiger partial charge in [-0.05, 0) is 43.0 Å². The van der Waals surface area contributed by atoms with E-state index in [4.69, 9.17) is 11.0 Å². The van der Waals surface area contributed by atoms with Gasteiger partial charge in [-0.15, -0.1) is 0 Å². The van der Waals surface area contributed by atoms with E-state index >= 15 is 0 Å². The Hall–Kier alpha value is -1.38. The summed E-state index contributed by atoms with van der Waals surface area (Å²) in [6.07, 6.45) is 1.31. The van der Waals surface area contributed by atoms with Gasteiger partial charge in [0, 0.05) is 10.9 Å². The highest BCUT2D eigenvalue weighted by Crippen LogP contribution is 2.21. The molecule has 5 heteroatoms. The van der Waals surface area contributed by atoms with Gasteiger partial charge in [-0.1, -0.05) is 29.8 Å². The Balaban J connectivity index is 2.69. The van der Waals surface area contributed by atoms with Gasteiger partial charge in [0.05, 0.1) is 11.3 Å². The lowest BCUT2D eigenvalue weighted by Gasteiger charge is -2.16. The van der Waals surface area contributed by atoms with Crippen LogP contribution in [0.1, 0.15) is 32.3 Å². The van der Waals surface area contributed by atoms with E-state index in [9.17, 15) is 4.79 Å². The lowest BCUT2D eigenvalue weighted by atomic mass is 9.94. The van der Waals surface area contributed by atoms with Crippen molar-refractivity contribution in [1.82, 2.24) is 0 Å². The van der Waals surface area contributed by atoms with E-state index in [1.165, 1.54) is 0 Å². The normalized spacial score (nSPS) is 12.0. The first kappa shape index (κ1) is 16.7. The summed E-state index contributed by atoms with van der Waals surface area (Å²) in [5.74, 6) is 0.592. The molecular weight excluding hydrogens is 318 g/mol. The molecule has 0 heterocycles. The molecule has 0 unspecified atom stereocenters. The zero-order valence-corrected chi connectivity index (χ0v) is 13.4. The second-order valence-corrected chi connectivity index (χ2v) is 6.20. The average Bonchev–Trinajstić information content (AvgIpc) is 2.39. The minimum atomic E-state index is -0.0973. The molecule has 1 amide bonds. The van der Waals surface area contributed by atoms with E-state index in [2.05, 4.69) is 41.2 Å². The molecule has 0 radical (unpaired) electrons. The van der Waals surface area contributed by atoms with Crippen LogP contribution in [0, 0.1) is 23.2 Å². The van der Waals surface area contributed by atoms with Gasteiger partial charge >= 0.3 is 0 Å². The third-order valence-corrected chi connectivity index (χ3v) is 3.48. The van der Waals surface area contributed by atoms with E-state index in [0.717, 1.165) is 10.9 Å². The van der Waals surface area contributed by atoms with Gasteiger partial charge in [0.1, 0.15) is 6.07 Å². The van der Waals surface area contributed by atoms with Crippen LogP contribution in [0.4, 0.5) is 5.69 Å². The van der Waals surface area contributed by atoms with Crippen LogP contribution in [-0.2, 0) is 4.79 Å². The van der Waals surface area contributed by atoms with Crippen molar-refractivity contribution in [2.45, 2.75) is 26.7 Å². The van der Waals surface area contributed by atoms with Crippen LogP contribution in [0.2, 0.25) is 0 Å². The predicted octanol–water partition coefficient (Wildman–Crippen LogP) is 3.27. The van der Waals surface area contributed by atoms with Gasteiger partial charge < -0.3 is 11.1 Å². The topological polar surface area (TPSA) is 78.9 Å². The minimum absolute atomic E-state index is 0.0973. The lowest BCUT2D eigenvalue weighted by Crippen LogP contribution is -2.23. The van der Waals surface area contributed by atoms with E-state index in [-0.39, 0.29) is 11.8 Å². The summed E-state index contributed by atoms with van der Waals surface area (Å²) in [6.45, 7) is 4.73. The van der Waals surface area contributed by atoms with Crippen LogP contribution in [0.25, 0.3) is 0 Å². The van der Waals surface area contributed by atoms with E-state index in [1.807, 2.05) is 0 Å². The first-order valence-electron chi connectivity index (χ1n) is 6.65. The number of anilines is 1. The quantitative estimate of drug-likeness (QED) is 0.835. The number of hydrogen-bond donors (Lipinski definition) is 2. The van der Waals surface area contributed by atoms with Crippen LogP contribution in [0.3, 0.4) is 0 Å². The van der Waals surface area contributed by atoms with Crippen molar-refractivity contribution in [3.8, 4) is 6.07 Å². The second-order valence-electron chi connectivity index (χ2n) is 5.29. The number of amides is 1. The molecular formula is C15H20BrN3O. The zero-order valence-electron chi connectivity index (χ0n) is 11.8. The van der Waals surface area contributed by atoms with Gasteiger partial charge in [0.25, 0.3) is 0 Å². The maximum absolute atomic E-state index is 12.0. The third kappa shape index (κ3) is 5.32. The number of halogens is 1. The van der Waals surface area contributed by atoms with Crippen molar-refractivity contribution >= 4 is 27.5 Å². The molecule has 1 atom stereocenters. The van der Waals surface area contributed by atoms with Crippen LogP contribution < -0.4 is 11.1 Å². The molecule has 1 aromatic carbocycles. The highest BCUT2D eigenvalue weighted by Gasteiger charge is 2.15. The minimum Gasteiger partial charge on any atom is -0.330 e. The average molecular weight is 338 g/mol. The Bertz CT molecular complexity index is 508. The first-order chi connectivity index (χ1) is 9.46. The molecule has 0 aliphatic carbocycles. The Labute approximate surface area is 128 Å². The van der Waals surface area contributed by atoms with E-state index < -0.39 is 0 Å². The Morgan fingerprint density at radius 1 is 1.50 bits per heavy atom. The number of nitrogens with two attached hydrogens (primary N) is 1. The van der Waals surface area contributed by atoms with Crippen molar-refractivity contribution in [1.29, 1.82) is 5.26 Å². The molecule has 0 aliphatic heterocycles. The molecule has 0 saturated carbocycles. The Morgan fingerprint density at radius 3 is 2.75 bits per heavy atom. The van der Waals surface area contributed by atoms with Crippen molar-refractivity contribution in [3.05, 3.63) is 28.2 Å². The monoisotopic (exact) mass is 337 g/mol. The number of nitrogens with zero attached hydrogens (tertiary/aromatic N) is 1. The molecule has 0 saturated heterocycles. The van der Waals surface area contributed by atoms with Gasteiger partial charge in [-0.25, -0.2) is 0 Å². The summed E-state index contributed by atoms with van der Waals surface area (Å²) in [4.78, 5) is 12.0. The zero-order chi connectivity index (χ0) is 15.1. The lowest BCUT2D eigenvalue weighted by molar-refractivity contribution is -0.117. The molecule has 20 heavy (non-hydrogen) atoms. The second kappa shape index (κ2) is 8.03. The summed E-state index contributed by atoms with van der Waals surface area (Å²) in [6, 6.07) is 7.28. The van der Waals surface area contributed by atoms with Crippen molar-refractivity contribution in [3.63, 3.8) is 0 Å². The molecule has 0 spiro atoms. The first-order valence-corrected chi connectivity index (χ1v) is 7.45. The number of carbonyl (C=O) groups excluding carboxylic acids is 1. The fourth-order valence-corrected chi connectivity index (χ4v) is 2.47. The third-order valence-electron chi connectivity index (χ3n) is 2.99. The molecule has 108 valence electrons. The van der Waals surface area contributed by atoms with Gasteiger partial charge in [-0.2, -0.15) is 5.26 Å². The molecule has 0 bridgehead atoms. The molecule has 0 aliphatic rings. The summed E-state index contributed by atoms with van der Waals surface area (Å²) >= 11 is 3.30. The van der Waals surface area contributed by atoms with Gasteiger partial charge in [-0.3, -0.25) is 4.79 Å². The molecule has 0 aromatic heterocycles. The van der Waals surface area contributed by atoms with Gasteiger partial charge in [0.15, 0.2) is 0 Å². The number of nitrogens with one attached hydrogen (secondary N) is 1. The standard InChI is InChI=1S/C15H20BrN3O/c1-10(2)5-11(8-17)6-15(20)19-14-4-3-13(16)7-12(14)9-18/h3-4,7,10-11H,5-6,8,17H2,1-2H3,(H,19,20)/t11-/m0/s1. The highest BCUT2D eigenvalue weighted by molar-refractivity contribution is 9.10. The smallest absolute Gasteiger partial charge is 0.224 e. The largest absolute Gasteiger partial charge is 0.330 e. The predicted molar refractivity (Wildman–Crippen MR) is 84.1 cm³/mol. The highest BCUT2D eigenvalue weighted by atomic mass is 79.9. The summed E-state index contributed by atoms with van der Waals surface area (Å²) < 4.78 is 0.812. The van der Waals surface area contributed by atoms with Gasteiger partial charge in [0.2, 0.25) is 5.91 Å². The maximum atomic E-state index is 12.0. The maximum Gasteiger partial charge on any atom is 0.224 e. The molecule has 3 N–H and O–H groups in total. The summed E-state index contributed by atoms with van der Waals surface area (Å²) in [5, 5.41) is 11.8. The van der Waals surface area contributed by atoms with Crippen molar-refractivity contribution in [2.75, 3.05) is 11.9 Å². The van der Waals surface area contributed by atoms with Crippen LogP contribution in [-0.4, -0.2) is 12.5 Å². The van der Waals surface area contributed by atoms with Crippen molar-refractivity contribution in [2.24, 2.45) is 17.6 Å². The molecule has 0 fully saturated rings. The fourth-order valence-electron chi connectivity index (χ4n) is 2.11.